The van der Waals surface area contributed by atoms with E-state index in [0.29, 0.717) is 22.9 Å². The second kappa shape index (κ2) is 14.9. The zero-order chi connectivity index (χ0) is 30.9. The molecule has 9 nitrogen and oxygen atoms in total. The number of anilines is 1. The monoisotopic (exact) mass is 615 g/mol. The van der Waals surface area contributed by atoms with Crippen LogP contribution in [-0.4, -0.2) is 58.0 Å². The number of amides is 2. The highest BCUT2D eigenvalue weighted by atomic mass is 35.5. The number of carbonyl (C=O) groups excluding carboxylic acids is 2. The third-order valence-electron chi connectivity index (χ3n) is 6.92. The standard InChI is InChI=1S/C31H38ClN3O6S/c1-6-22(3)33-31(37)27(7-2)34(20-23-13-15-24(32)16-14-23)30(36)21-35(42(38,39)26-11-9-8-10-12-26)25-17-18-28(40-4)29(19-25)41-5/h8-19,22,27H,6-7,20-21H2,1-5H3,(H,33,37)/t22-,27-/m0/s1. The zero-order valence-corrected chi connectivity index (χ0v) is 26.1. The molecule has 0 saturated heterocycles. The summed E-state index contributed by atoms with van der Waals surface area (Å²) < 4.78 is 39.7. The second-order valence-corrected chi connectivity index (χ2v) is 12.1. The van der Waals surface area contributed by atoms with Gasteiger partial charge in [0.15, 0.2) is 11.5 Å². The number of ether oxygens (including phenoxy) is 2. The van der Waals surface area contributed by atoms with Gasteiger partial charge in [-0.15, -0.1) is 0 Å². The van der Waals surface area contributed by atoms with Crippen molar-refractivity contribution >= 4 is 39.1 Å². The molecule has 3 rings (SSSR count). The molecule has 3 aromatic rings. The van der Waals surface area contributed by atoms with Gasteiger partial charge in [0.05, 0.1) is 24.8 Å². The van der Waals surface area contributed by atoms with Crippen LogP contribution >= 0.6 is 11.6 Å². The van der Waals surface area contributed by atoms with Crippen molar-refractivity contribution in [1.82, 2.24) is 10.2 Å². The first-order valence-electron chi connectivity index (χ1n) is 13.7. The van der Waals surface area contributed by atoms with Crippen molar-refractivity contribution in [1.29, 1.82) is 0 Å². The molecular weight excluding hydrogens is 578 g/mol. The van der Waals surface area contributed by atoms with Crippen LogP contribution < -0.4 is 19.1 Å². The zero-order valence-electron chi connectivity index (χ0n) is 24.5. The average Bonchev–Trinajstić information content (AvgIpc) is 3.00. The first kappa shape index (κ1) is 32.8. The van der Waals surface area contributed by atoms with Crippen molar-refractivity contribution in [2.24, 2.45) is 0 Å². The lowest BCUT2D eigenvalue weighted by atomic mass is 10.1. The number of hydrogen-bond acceptors (Lipinski definition) is 6. The Morgan fingerprint density at radius 3 is 2.12 bits per heavy atom. The molecule has 2 atom stereocenters. The van der Waals surface area contributed by atoms with Crippen LogP contribution in [0.4, 0.5) is 5.69 Å². The maximum atomic E-state index is 14.2. The first-order chi connectivity index (χ1) is 20.0. The van der Waals surface area contributed by atoms with Gasteiger partial charge in [-0.3, -0.25) is 13.9 Å². The minimum atomic E-state index is -4.21. The van der Waals surface area contributed by atoms with Crippen LogP contribution in [0.25, 0.3) is 0 Å². The predicted octanol–water partition coefficient (Wildman–Crippen LogP) is 5.27. The van der Waals surface area contributed by atoms with Gasteiger partial charge in [0.2, 0.25) is 11.8 Å². The summed E-state index contributed by atoms with van der Waals surface area (Å²) in [5, 5.41) is 3.50. The van der Waals surface area contributed by atoms with Crippen molar-refractivity contribution in [2.75, 3.05) is 25.1 Å². The van der Waals surface area contributed by atoms with E-state index in [-0.39, 0.29) is 29.1 Å². The molecule has 0 aliphatic rings. The number of benzene rings is 3. The maximum absolute atomic E-state index is 14.2. The number of nitrogens with one attached hydrogen (secondary N) is 1. The van der Waals surface area contributed by atoms with E-state index in [1.807, 2.05) is 20.8 Å². The minimum Gasteiger partial charge on any atom is -0.493 e. The van der Waals surface area contributed by atoms with E-state index in [2.05, 4.69) is 5.32 Å². The van der Waals surface area contributed by atoms with E-state index < -0.39 is 28.5 Å². The van der Waals surface area contributed by atoms with E-state index in [0.717, 1.165) is 16.3 Å². The molecule has 0 fully saturated rings. The number of hydrogen-bond donors (Lipinski definition) is 1. The highest BCUT2D eigenvalue weighted by Crippen LogP contribution is 2.34. The minimum absolute atomic E-state index is 0.0124. The molecule has 2 amide bonds. The van der Waals surface area contributed by atoms with Gasteiger partial charge in [-0.05, 0) is 61.7 Å². The van der Waals surface area contributed by atoms with Crippen molar-refractivity contribution < 1.29 is 27.5 Å². The molecule has 0 aromatic heterocycles. The van der Waals surface area contributed by atoms with Crippen LogP contribution in [0.3, 0.4) is 0 Å². The summed E-state index contributed by atoms with van der Waals surface area (Å²) in [6.07, 6.45) is 1.04. The van der Waals surface area contributed by atoms with Crippen molar-refractivity contribution in [2.45, 2.75) is 57.1 Å². The molecule has 11 heteroatoms. The Kier molecular flexibility index (Phi) is 11.6. The summed E-state index contributed by atoms with van der Waals surface area (Å²) in [6.45, 7) is 5.18. The van der Waals surface area contributed by atoms with Crippen LogP contribution in [0.1, 0.15) is 39.2 Å². The molecule has 0 radical (unpaired) electrons. The summed E-state index contributed by atoms with van der Waals surface area (Å²) in [6, 6.07) is 18.5. The fourth-order valence-electron chi connectivity index (χ4n) is 4.38. The highest BCUT2D eigenvalue weighted by molar-refractivity contribution is 7.92. The van der Waals surface area contributed by atoms with Crippen molar-refractivity contribution in [3.63, 3.8) is 0 Å². The van der Waals surface area contributed by atoms with Gasteiger partial charge in [0.25, 0.3) is 10.0 Å². The number of carbonyl (C=O) groups is 2. The smallest absolute Gasteiger partial charge is 0.264 e. The molecule has 0 aliphatic carbocycles. The van der Waals surface area contributed by atoms with E-state index in [4.69, 9.17) is 21.1 Å². The summed E-state index contributed by atoms with van der Waals surface area (Å²) in [4.78, 5) is 29.0. The molecule has 0 saturated carbocycles. The molecule has 0 spiro atoms. The van der Waals surface area contributed by atoms with Gasteiger partial charge in [0.1, 0.15) is 12.6 Å². The summed E-state index contributed by atoms with van der Waals surface area (Å²) in [5.41, 5.74) is 0.944. The SMILES string of the molecule is CC[C@H](C)NC(=O)[C@H](CC)N(Cc1ccc(Cl)cc1)C(=O)CN(c1ccc(OC)c(OC)c1)S(=O)(=O)c1ccccc1. The van der Waals surface area contributed by atoms with Gasteiger partial charge in [0, 0.05) is 23.7 Å². The highest BCUT2D eigenvalue weighted by Gasteiger charge is 2.34. The lowest BCUT2D eigenvalue weighted by molar-refractivity contribution is -0.140. The van der Waals surface area contributed by atoms with Crippen LogP contribution in [0.2, 0.25) is 5.02 Å². The molecular formula is C31H38ClN3O6S. The molecule has 42 heavy (non-hydrogen) atoms. The molecule has 226 valence electrons. The normalized spacial score (nSPS) is 12.6. The van der Waals surface area contributed by atoms with Crippen LogP contribution in [0.5, 0.6) is 11.5 Å². The fraction of sp³-hybridized carbons (Fsp3) is 0.355. The number of nitrogens with zero attached hydrogens (tertiary/aromatic N) is 2. The Morgan fingerprint density at radius 2 is 1.55 bits per heavy atom. The molecule has 0 heterocycles. The second-order valence-electron chi connectivity index (χ2n) is 9.75. The quantitative estimate of drug-likeness (QED) is 0.265. The molecule has 0 aliphatic heterocycles. The van der Waals surface area contributed by atoms with Crippen LogP contribution in [-0.2, 0) is 26.2 Å². The Hall–Kier alpha value is -3.76. The predicted molar refractivity (Wildman–Crippen MR) is 164 cm³/mol. The maximum Gasteiger partial charge on any atom is 0.264 e. The van der Waals surface area contributed by atoms with E-state index >= 15 is 0 Å². The number of halogens is 1. The molecule has 0 unspecified atom stereocenters. The topological polar surface area (TPSA) is 105 Å². The molecule has 3 aromatic carbocycles. The Balaban J connectivity index is 2.10. The van der Waals surface area contributed by atoms with Gasteiger partial charge < -0.3 is 19.7 Å². The summed E-state index contributed by atoms with van der Waals surface area (Å²) in [7, 11) is -1.29. The number of sulfonamides is 1. The van der Waals surface area contributed by atoms with E-state index in [1.165, 1.54) is 37.3 Å². The van der Waals surface area contributed by atoms with Crippen molar-refractivity contribution in [3.8, 4) is 11.5 Å². The molecule has 1 N–H and O–H groups in total. The third kappa shape index (κ3) is 7.95. The van der Waals surface area contributed by atoms with E-state index in [9.17, 15) is 18.0 Å². The van der Waals surface area contributed by atoms with Crippen molar-refractivity contribution in [3.05, 3.63) is 83.4 Å². The van der Waals surface area contributed by atoms with Gasteiger partial charge >= 0.3 is 0 Å². The van der Waals surface area contributed by atoms with E-state index in [1.54, 1.807) is 54.6 Å². The first-order valence-corrected chi connectivity index (χ1v) is 15.5. The fourth-order valence-corrected chi connectivity index (χ4v) is 5.93. The third-order valence-corrected chi connectivity index (χ3v) is 8.96. The Labute approximate surface area is 253 Å². The number of rotatable bonds is 14. The Morgan fingerprint density at radius 1 is 0.905 bits per heavy atom. The van der Waals surface area contributed by atoms with Gasteiger partial charge in [-0.25, -0.2) is 8.42 Å². The summed E-state index contributed by atoms with van der Waals surface area (Å²) >= 11 is 6.08. The molecule has 0 bridgehead atoms. The lowest BCUT2D eigenvalue weighted by Crippen LogP contribution is -2.53. The Bertz CT molecular complexity index is 1450. The summed E-state index contributed by atoms with van der Waals surface area (Å²) in [5.74, 6) is -0.155. The van der Waals surface area contributed by atoms with Crippen LogP contribution in [0.15, 0.2) is 77.7 Å². The van der Waals surface area contributed by atoms with Gasteiger partial charge in [-0.2, -0.15) is 0 Å². The largest absolute Gasteiger partial charge is 0.493 e. The average molecular weight is 616 g/mol. The van der Waals surface area contributed by atoms with Gasteiger partial charge in [-0.1, -0.05) is 55.8 Å². The number of methoxy groups -OCH3 is 2. The lowest BCUT2D eigenvalue weighted by Gasteiger charge is -2.33. The van der Waals surface area contributed by atoms with Crippen LogP contribution in [0, 0.1) is 0 Å².